The topological polar surface area (TPSA) is 101 Å². The van der Waals surface area contributed by atoms with Crippen molar-refractivity contribution in [2.75, 3.05) is 4.90 Å². The number of non-ortho nitro benzene ring substituents is 1. The number of aryl methyl sites for hydroxylation is 1. The van der Waals surface area contributed by atoms with Crippen molar-refractivity contribution in [3.05, 3.63) is 111 Å². The second kappa shape index (κ2) is 7.98. The van der Waals surface area contributed by atoms with E-state index in [0.29, 0.717) is 16.8 Å². The highest BCUT2D eigenvalue weighted by molar-refractivity contribution is 6.25. The van der Waals surface area contributed by atoms with E-state index in [0.717, 1.165) is 16.0 Å². The number of fused-ring (bicyclic) bond motifs is 5. The Balaban J connectivity index is 1.49. The second-order valence-electron chi connectivity index (χ2n) is 9.30. The summed E-state index contributed by atoms with van der Waals surface area (Å²) in [5.41, 5.74) is 2.93. The zero-order valence-electron chi connectivity index (χ0n) is 19.3. The third-order valence-electron chi connectivity index (χ3n) is 7.42. The quantitative estimate of drug-likeness (QED) is 0.239. The standard InChI is InChI=1S/C28H21N3O5/c1-16-15-19(31(35)36)11-12-21(16)30-27(33)22-23(28(30)34)25(26(32)18-8-3-2-4-9-18)29-14-13-17-7-5-6-10-20(17)24(22)29/h2-15,22-25H,1H3/t22-,23-,24+,25+/m1/s1. The van der Waals surface area contributed by atoms with Crippen LogP contribution in [0.25, 0.3) is 6.08 Å². The van der Waals surface area contributed by atoms with Crippen LogP contribution in [0.1, 0.15) is 33.1 Å². The lowest BCUT2D eigenvalue weighted by atomic mass is 9.83. The molecule has 0 unspecified atom stereocenters. The van der Waals surface area contributed by atoms with Crippen molar-refractivity contribution >= 4 is 35.0 Å². The molecule has 3 aromatic carbocycles. The molecule has 3 aliphatic rings. The molecule has 4 atom stereocenters. The minimum atomic E-state index is -0.888. The number of hydrogen-bond donors (Lipinski definition) is 0. The lowest BCUT2D eigenvalue weighted by Gasteiger charge is -2.35. The Morgan fingerprint density at radius 1 is 0.917 bits per heavy atom. The van der Waals surface area contributed by atoms with Crippen LogP contribution in [-0.4, -0.2) is 33.5 Å². The summed E-state index contributed by atoms with van der Waals surface area (Å²) in [4.78, 5) is 55.4. The predicted octanol–water partition coefficient (Wildman–Crippen LogP) is 4.30. The maximum atomic E-state index is 13.9. The molecule has 2 saturated heterocycles. The molecular weight excluding hydrogens is 458 g/mol. The van der Waals surface area contributed by atoms with Crippen molar-refractivity contribution in [1.29, 1.82) is 0 Å². The van der Waals surface area contributed by atoms with Gasteiger partial charge in [-0.1, -0.05) is 54.6 Å². The molecule has 8 nitrogen and oxygen atoms in total. The minimum absolute atomic E-state index is 0.120. The second-order valence-corrected chi connectivity index (χ2v) is 9.30. The zero-order chi connectivity index (χ0) is 25.1. The van der Waals surface area contributed by atoms with E-state index >= 15 is 0 Å². The molecule has 2 fully saturated rings. The Labute approximate surface area is 206 Å². The third kappa shape index (κ3) is 3.04. The highest BCUT2D eigenvalue weighted by Gasteiger charge is 2.64. The summed E-state index contributed by atoms with van der Waals surface area (Å²) < 4.78 is 0. The van der Waals surface area contributed by atoms with Crippen molar-refractivity contribution in [2.45, 2.75) is 19.0 Å². The number of nitro groups is 1. The maximum Gasteiger partial charge on any atom is 0.269 e. The van der Waals surface area contributed by atoms with E-state index in [2.05, 4.69) is 0 Å². The molecular formula is C28H21N3O5. The fourth-order valence-corrected chi connectivity index (χ4v) is 5.87. The number of carbonyl (C=O) groups excluding carboxylic acids is 3. The number of nitrogens with zero attached hydrogens (tertiary/aromatic N) is 3. The first kappa shape index (κ1) is 21.9. The number of Topliss-reactive ketones (excluding diaryl/α,β-unsaturated/α-hetero) is 1. The fourth-order valence-electron chi connectivity index (χ4n) is 5.87. The molecule has 0 N–H and O–H groups in total. The number of benzene rings is 3. The number of carbonyl (C=O) groups is 3. The van der Waals surface area contributed by atoms with E-state index in [1.165, 1.54) is 18.2 Å². The summed E-state index contributed by atoms with van der Waals surface area (Å²) >= 11 is 0. The molecule has 178 valence electrons. The van der Waals surface area contributed by atoms with Gasteiger partial charge in [-0.15, -0.1) is 0 Å². The van der Waals surface area contributed by atoms with Gasteiger partial charge in [-0.25, -0.2) is 4.90 Å². The first-order chi connectivity index (χ1) is 17.4. The van der Waals surface area contributed by atoms with Gasteiger partial charge in [0.05, 0.1) is 28.5 Å². The van der Waals surface area contributed by atoms with E-state index in [1.807, 2.05) is 47.5 Å². The number of imide groups is 1. The van der Waals surface area contributed by atoms with Crippen LogP contribution in [0.5, 0.6) is 0 Å². The van der Waals surface area contributed by atoms with Gasteiger partial charge in [0.15, 0.2) is 5.78 Å². The Kier molecular flexibility index (Phi) is 4.86. The van der Waals surface area contributed by atoms with Gasteiger partial charge in [-0.05, 0) is 35.8 Å². The average Bonchev–Trinajstić information content (AvgIpc) is 3.36. The summed E-state index contributed by atoms with van der Waals surface area (Å²) in [5.74, 6) is -2.74. The Hall–Kier alpha value is -4.59. The van der Waals surface area contributed by atoms with Crippen molar-refractivity contribution in [3.63, 3.8) is 0 Å². The number of anilines is 1. The summed E-state index contributed by atoms with van der Waals surface area (Å²) in [6, 6.07) is 19.2. The van der Waals surface area contributed by atoms with E-state index in [4.69, 9.17) is 0 Å². The van der Waals surface area contributed by atoms with E-state index in [-0.39, 0.29) is 11.5 Å². The number of rotatable bonds is 4. The predicted molar refractivity (Wildman–Crippen MR) is 132 cm³/mol. The van der Waals surface area contributed by atoms with Crippen LogP contribution in [-0.2, 0) is 9.59 Å². The van der Waals surface area contributed by atoms with Gasteiger partial charge in [0.1, 0.15) is 6.04 Å². The molecule has 3 heterocycles. The smallest absolute Gasteiger partial charge is 0.269 e. The number of ketones is 1. The van der Waals surface area contributed by atoms with Crippen LogP contribution in [0.15, 0.2) is 79.0 Å². The monoisotopic (exact) mass is 479 g/mol. The lowest BCUT2D eigenvalue weighted by molar-refractivity contribution is -0.384. The van der Waals surface area contributed by atoms with Crippen molar-refractivity contribution < 1.29 is 19.3 Å². The zero-order valence-corrected chi connectivity index (χ0v) is 19.3. The van der Waals surface area contributed by atoms with Gasteiger partial charge in [-0.3, -0.25) is 24.5 Å². The SMILES string of the molecule is Cc1cc([N+](=O)[O-])ccc1N1C(=O)[C@@H]2[C@@H](C1=O)[C@@H]1c3ccccc3C=CN1[C@@H]2C(=O)c1ccccc1. The summed E-state index contributed by atoms with van der Waals surface area (Å²) in [6.45, 7) is 1.63. The number of amides is 2. The lowest BCUT2D eigenvalue weighted by Crippen LogP contribution is -2.44. The van der Waals surface area contributed by atoms with Gasteiger partial charge < -0.3 is 4.90 Å². The number of hydrogen-bond acceptors (Lipinski definition) is 6. The molecule has 8 heteroatoms. The average molecular weight is 479 g/mol. The Morgan fingerprint density at radius 2 is 1.61 bits per heavy atom. The van der Waals surface area contributed by atoms with Gasteiger partial charge in [0.2, 0.25) is 11.8 Å². The molecule has 3 aliphatic heterocycles. The van der Waals surface area contributed by atoms with Crippen LogP contribution in [0.4, 0.5) is 11.4 Å². The molecule has 3 aromatic rings. The fraction of sp³-hybridized carbons (Fsp3) is 0.179. The third-order valence-corrected chi connectivity index (χ3v) is 7.42. The maximum absolute atomic E-state index is 13.9. The van der Waals surface area contributed by atoms with Crippen molar-refractivity contribution in [2.24, 2.45) is 11.8 Å². The molecule has 0 aromatic heterocycles. The molecule has 6 rings (SSSR count). The normalized spacial score (nSPS) is 23.9. The molecule has 36 heavy (non-hydrogen) atoms. The van der Waals surface area contributed by atoms with Crippen LogP contribution < -0.4 is 4.90 Å². The van der Waals surface area contributed by atoms with Crippen molar-refractivity contribution in [3.8, 4) is 0 Å². The molecule has 0 bridgehead atoms. The van der Waals surface area contributed by atoms with Gasteiger partial charge in [-0.2, -0.15) is 0 Å². The van der Waals surface area contributed by atoms with E-state index < -0.39 is 40.7 Å². The van der Waals surface area contributed by atoms with Crippen LogP contribution >= 0.6 is 0 Å². The minimum Gasteiger partial charge on any atom is -0.358 e. The molecule has 2 amide bonds. The molecule has 0 radical (unpaired) electrons. The van der Waals surface area contributed by atoms with E-state index in [1.54, 1.807) is 31.2 Å². The summed E-state index contributed by atoms with van der Waals surface area (Å²) in [5, 5.41) is 11.2. The Morgan fingerprint density at radius 3 is 2.33 bits per heavy atom. The molecule has 0 aliphatic carbocycles. The highest BCUT2D eigenvalue weighted by atomic mass is 16.6. The van der Waals surface area contributed by atoms with Crippen LogP contribution in [0.3, 0.4) is 0 Å². The number of nitro benzene ring substituents is 1. The summed E-state index contributed by atoms with van der Waals surface area (Å²) in [6.07, 6.45) is 3.73. The van der Waals surface area contributed by atoms with Gasteiger partial charge in [0.25, 0.3) is 5.69 Å². The Bertz CT molecular complexity index is 1480. The van der Waals surface area contributed by atoms with Crippen molar-refractivity contribution in [1.82, 2.24) is 4.90 Å². The first-order valence-corrected chi connectivity index (χ1v) is 11.6. The van der Waals surface area contributed by atoms with Gasteiger partial charge >= 0.3 is 0 Å². The summed E-state index contributed by atoms with van der Waals surface area (Å²) in [7, 11) is 0. The largest absolute Gasteiger partial charge is 0.358 e. The molecule has 0 spiro atoms. The molecule has 0 saturated carbocycles. The van der Waals surface area contributed by atoms with Crippen LogP contribution in [0.2, 0.25) is 0 Å². The first-order valence-electron chi connectivity index (χ1n) is 11.6. The highest BCUT2D eigenvalue weighted by Crippen LogP contribution is 2.54. The van der Waals surface area contributed by atoms with Crippen LogP contribution in [0, 0.1) is 28.9 Å². The van der Waals surface area contributed by atoms with E-state index in [9.17, 15) is 24.5 Å². The van der Waals surface area contributed by atoms with Gasteiger partial charge in [0, 0.05) is 23.9 Å².